The lowest BCUT2D eigenvalue weighted by atomic mass is 10.00. The second kappa shape index (κ2) is 4.29. The van der Waals surface area contributed by atoms with Gasteiger partial charge in [0.1, 0.15) is 0 Å². The Labute approximate surface area is 105 Å². The summed E-state index contributed by atoms with van der Waals surface area (Å²) >= 11 is 0. The Morgan fingerprint density at radius 1 is 1.33 bits per heavy atom. The molecule has 92 valence electrons. The number of aromatic nitrogens is 1. The Morgan fingerprint density at radius 3 is 2.83 bits per heavy atom. The number of nitrogens with zero attached hydrogens (tertiary/aromatic N) is 2. The first-order valence-electron chi connectivity index (χ1n) is 6.02. The van der Waals surface area contributed by atoms with Gasteiger partial charge in [0.05, 0.1) is 6.20 Å². The smallest absolute Gasteiger partial charge is 0.291 e. The van der Waals surface area contributed by atoms with Crippen LogP contribution in [-0.2, 0) is 13.0 Å². The minimum atomic E-state index is -0.0786. The van der Waals surface area contributed by atoms with Gasteiger partial charge in [0.2, 0.25) is 5.76 Å². The van der Waals surface area contributed by atoms with E-state index in [2.05, 4.69) is 17.1 Å². The van der Waals surface area contributed by atoms with E-state index in [0.29, 0.717) is 18.2 Å². The molecule has 0 radical (unpaired) electrons. The number of fused-ring (bicyclic) bond motifs is 1. The highest BCUT2D eigenvalue weighted by Crippen LogP contribution is 2.20. The van der Waals surface area contributed by atoms with Crippen molar-refractivity contribution in [3.63, 3.8) is 0 Å². The van der Waals surface area contributed by atoms with E-state index < -0.39 is 0 Å². The summed E-state index contributed by atoms with van der Waals surface area (Å²) in [7, 11) is 0. The van der Waals surface area contributed by atoms with E-state index in [-0.39, 0.29) is 5.91 Å². The van der Waals surface area contributed by atoms with Crippen LogP contribution in [0, 0.1) is 6.92 Å². The third kappa shape index (κ3) is 1.90. The first-order chi connectivity index (χ1) is 8.74. The molecule has 2 heterocycles. The average molecular weight is 242 g/mol. The molecule has 18 heavy (non-hydrogen) atoms. The molecule has 4 nitrogen and oxygen atoms in total. The number of amides is 1. The van der Waals surface area contributed by atoms with E-state index in [4.69, 9.17) is 4.42 Å². The van der Waals surface area contributed by atoms with Gasteiger partial charge in [-0.05, 0) is 17.5 Å². The standard InChI is InChI=1S/C14H14N2O2/c1-10-15-8-13(18-10)14(17)16-7-6-11-4-2-3-5-12(11)9-16/h2-5,8H,6-7,9H2,1H3. The average Bonchev–Trinajstić information content (AvgIpc) is 2.84. The third-order valence-electron chi connectivity index (χ3n) is 3.25. The molecule has 1 aliphatic heterocycles. The van der Waals surface area contributed by atoms with Crippen molar-refractivity contribution < 1.29 is 9.21 Å². The molecule has 1 aromatic heterocycles. The van der Waals surface area contributed by atoms with Crippen LogP contribution < -0.4 is 0 Å². The molecule has 0 bridgehead atoms. The number of hydrogen-bond acceptors (Lipinski definition) is 3. The molecule has 0 unspecified atom stereocenters. The number of carbonyl (C=O) groups is 1. The van der Waals surface area contributed by atoms with Crippen molar-refractivity contribution in [2.45, 2.75) is 19.9 Å². The molecule has 0 spiro atoms. The van der Waals surface area contributed by atoms with Crippen molar-refractivity contribution >= 4 is 5.91 Å². The number of aryl methyl sites for hydroxylation is 1. The minimum Gasteiger partial charge on any atom is -0.436 e. The first-order valence-corrected chi connectivity index (χ1v) is 6.02. The molecular formula is C14H14N2O2. The van der Waals surface area contributed by atoms with E-state index in [1.165, 1.54) is 17.3 Å². The molecule has 0 fully saturated rings. The van der Waals surface area contributed by atoms with Crippen LogP contribution in [0.5, 0.6) is 0 Å². The number of carbonyl (C=O) groups excluding carboxylic acids is 1. The molecule has 1 aliphatic rings. The summed E-state index contributed by atoms with van der Waals surface area (Å²) < 4.78 is 5.28. The highest BCUT2D eigenvalue weighted by molar-refractivity contribution is 5.91. The first kappa shape index (κ1) is 11.0. The lowest BCUT2D eigenvalue weighted by Crippen LogP contribution is -2.35. The van der Waals surface area contributed by atoms with E-state index >= 15 is 0 Å². The van der Waals surface area contributed by atoms with Crippen molar-refractivity contribution in [2.75, 3.05) is 6.54 Å². The van der Waals surface area contributed by atoms with Crippen LogP contribution in [0.25, 0.3) is 0 Å². The molecule has 4 heteroatoms. The van der Waals surface area contributed by atoms with Crippen LogP contribution in [0.3, 0.4) is 0 Å². The van der Waals surface area contributed by atoms with Crippen LogP contribution in [0.15, 0.2) is 34.9 Å². The lowest BCUT2D eigenvalue weighted by molar-refractivity contribution is 0.0701. The highest BCUT2D eigenvalue weighted by atomic mass is 16.4. The Morgan fingerprint density at radius 2 is 2.11 bits per heavy atom. The Bertz CT molecular complexity index is 589. The summed E-state index contributed by atoms with van der Waals surface area (Å²) in [5, 5.41) is 0. The van der Waals surface area contributed by atoms with E-state index in [9.17, 15) is 4.79 Å². The van der Waals surface area contributed by atoms with Gasteiger partial charge < -0.3 is 9.32 Å². The van der Waals surface area contributed by atoms with Gasteiger partial charge in [0.15, 0.2) is 5.89 Å². The van der Waals surface area contributed by atoms with Crippen LogP contribution in [0.4, 0.5) is 0 Å². The van der Waals surface area contributed by atoms with Gasteiger partial charge in [-0.15, -0.1) is 0 Å². The van der Waals surface area contributed by atoms with Crippen molar-refractivity contribution in [3.05, 3.63) is 53.2 Å². The summed E-state index contributed by atoms with van der Waals surface area (Å²) in [5.74, 6) is 0.771. The van der Waals surface area contributed by atoms with E-state index in [0.717, 1.165) is 13.0 Å². The van der Waals surface area contributed by atoms with E-state index in [1.54, 1.807) is 6.92 Å². The van der Waals surface area contributed by atoms with Crippen LogP contribution in [0.2, 0.25) is 0 Å². The van der Waals surface area contributed by atoms with Crippen LogP contribution in [-0.4, -0.2) is 22.3 Å². The summed E-state index contributed by atoms with van der Waals surface area (Å²) in [5.41, 5.74) is 2.55. The molecule has 0 aliphatic carbocycles. The maximum Gasteiger partial charge on any atom is 0.291 e. The zero-order valence-electron chi connectivity index (χ0n) is 10.2. The Kier molecular flexibility index (Phi) is 2.63. The van der Waals surface area contributed by atoms with E-state index in [1.807, 2.05) is 17.0 Å². The molecule has 1 aromatic carbocycles. The van der Waals surface area contributed by atoms with Gasteiger partial charge in [0, 0.05) is 20.0 Å². The molecule has 3 rings (SSSR count). The predicted molar refractivity (Wildman–Crippen MR) is 66.1 cm³/mol. The fourth-order valence-corrected chi connectivity index (χ4v) is 2.29. The normalized spacial score (nSPS) is 14.4. The summed E-state index contributed by atoms with van der Waals surface area (Å²) in [6.07, 6.45) is 2.40. The van der Waals surface area contributed by atoms with Gasteiger partial charge in [-0.25, -0.2) is 4.98 Å². The SMILES string of the molecule is Cc1ncc(C(=O)N2CCc3ccccc3C2)o1. The maximum absolute atomic E-state index is 12.2. The van der Waals surface area contributed by atoms with Gasteiger partial charge in [0.25, 0.3) is 5.91 Å². The Balaban J connectivity index is 1.82. The maximum atomic E-state index is 12.2. The number of hydrogen-bond donors (Lipinski definition) is 0. The fourth-order valence-electron chi connectivity index (χ4n) is 2.29. The zero-order valence-corrected chi connectivity index (χ0v) is 10.2. The van der Waals surface area contributed by atoms with Gasteiger partial charge in [-0.1, -0.05) is 24.3 Å². The van der Waals surface area contributed by atoms with Crippen LogP contribution >= 0.6 is 0 Å². The summed E-state index contributed by atoms with van der Waals surface area (Å²) in [6, 6.07) is 8.23. The monoisotopic (exact) mass is 242 g/mol. The molecule has 0 saturated carbocycles. The molecule has 0 saturated heterocycles. The molecule has 0 atom stereocenters. The summed E-state index contributed by atoms with van der Waals surface area (Å²) in [4.78, 5) is 18.0. The van der Waals surface area contributed by atoms with Gasteiger partial charge in [-0.3, -0.25) is 4.79 Å². The minimum absolute atomic E-state index is 0.0786. The lowest BCUT2D eigenvalue weighted by Gasteiger charge is -2.27. The molecule has 1 amide bonds. The van der Waals surface area contributed by atoms with Crippen molar-refractivity contribution in [1.82, 2.24) is 9.88 Å². The zero-order chi connectivity index (χ0) is 12.5. The molecule has 0 N–H and O–H groups in total. The predicted octanol–water partition coefficient (Wildman–Crippen LogP) is 2.18. The van der Waals surface area contributed by atoms with Gasteiger partial charge in [-0.2, -0.15) is 0 Å². The Hall–Kier alpha value is -2.10. The van der Waals surface area contributed by atoms with Crippen molar-refractivity contribution in [2.24, 2.45) is 0 Å². The van der Waals surface area contributed by atoms with Gasteiger partial charge >= 0.3 is 0 Å². The fraction of sp³-hybridized carbons (Fsp3) is 0.286. The quantitative estimate of drug-likeness (QED) is 0.770. The molecule has 2 aromatic rings. The second-order valence-corrected chi connectivity index (χ2v) is 4.49. The summed E-state index contributed by atoms with van der Waals surface area (Å²) in [6.45, 7) is 3.12. The highest BCUT2D eigenvalue weighted by Gasteiger charge is 2.23. The number of rotatable bonds is 1. The number of oxazole rings is 1. The largest absolute Gasteiger partial charge is 0.436 e. The van der Waals surface area contributed by atoms with Crippen molar-refractivity contribution in [1.29, 1.82) is 0 Å². The van der Waals surface area contributed by atoms with Crippen LogP contribution in [0.1, 0.15) is 27.6 Å². The second-order valence-electron chi connectivity index (χ2n) is 4.49. The third-order valence-corrected chi connectivity index (χ3v) is 3.25. The van der Waals surface area contributed by atoms with Crippen molar-refractivity contribution in [3.8, 4) is 0 Å². The number of benzene rings is 1. The topological polar surface area (TPSA) is 46.3 Å². The molecular weight excluding hydrogens is 228 g/mol.